The molecule has 0 bridgehead atoms. The number of phenols is 1. The first kappa shape index (κ1) is 9.39. The summed E-state index contributed by atoms with van der Waals surface area (Å²) >= 11 is 0. The largest absolute Gasteiger partial charge is 0.507 e. The molecule has 1 heterocycles. The first-order valence-corrected chi connectivity index (χ1v) is 5.37. The summed E-state index contributed by atoms with van der Waals surface area (Å²) in [6.07, 6.45) is 1.12. The van der Waals surface area contributed by atoms with Crippen molar-refractivity contribution in [2.45, 2.75) is 19.3 Å². The molecule has 16 heavy (non-hydrogen) atoms. The SMILES string of the molecule is CC1CC1c1noc(-c2ccccc2O)n1. The Morgan fingerprint density at radius 3 is 2.81 bits per heavy atom. The van der Waals surface area contributed by atoms with Crippen LogP contribution in [0.5, 0.6) is 5.75 Å². The van der Waals surface area contributed by atoms with Gasteiger partial charge in [-0.25, -0.2) is 0 Å². The fourth-order valence-electron chi connectivity index (χ4n) is 1.83. The summed E-state index contributed by atoms with van der Waals surface area (Å²) in [5.41, 5.74) is 0.592. The van der Waals surface area contributed by atoms with Crippen LogP contribution in [-0.4, -0.2) is 15.2 Å². The van der Waals surface area contributed by atoms with Gasteiger partial charge >= 0.3 is 0 Å². The van der Waals surface area contributed by atoms with Gasteiger partial charge in [-0.3, -0.25) is 0 Å². The Morgan fingerprint density at radius 2 is 2.12 bits per heavy atom. The van der Waals surface area contributed by atoms with E-state index in [4.69, 9.17) is 4.52 Å². The molecular weight excluding hydrogens is 204 g/mol. The molecule has 1 fully saturated rings. The van der Waals surface area contributed by atoms with Gasteiger partial charge in [0.1, 0.15) is 5.75 Å². The number of aromatic hydroxyl groups is 1. The number of hydrogen-bond acceptors (Lipinski definition) is 4. The minimum absolute atomic E-state index is 0.168. The quantitative estimate of drug-likeness (QED) is 0.838. The normalized spacial score (nSPS) is 23.3. The van der Waals surface area contributed by atoms with Crippen LogP contribution in [0.3, 0.4) is 0 Å². The van der Waals surface area contributed by atoms with Crippen LogP contribution < -0.4 is 0 Å². The number of hydrogen-bond donors (Lipinski definition) is 1. The first-order chi connectivity index (χ1) is 7.75. The Bertz CT molecular complexity index is 521. The Kier molecular flexibility index (Phi) is 1.96. The van der Waals surface area contributed by atoms with Crippen molar-refractivity contribution in [2.75, 3.05) is 0 Å². The molecule has 2 unspecified atom stereocenters. The summed E-state index contributed by atoms with van der Waals surface area (Å²) in [4.78, 5) is 4.32. The average Bonchev–Trinajstić information content (AvgIpc) is 2.82. The molecule has 4 nitrogen and oxygen atoms in total. The summed E-state index contributed by atoms with van der Waals surface area (Å²) in [6, 6.07) is 6.97. The summed E-state index contributed by atoms with van der Waals surface area (Å²) in [5, 5.41) is 13.6. The zero-order valence-corrected chi connectivity index (χ0v) is 8.92. The number of aromatic nitrogens is 2. The topological polar surface area (TPSA) is 59.2 Å². The van der Waals surface area contributed by atoms with E-state index < -0.39 is 0 Å². The lowest BCUT2D eigenvalue weighted by atomic mass is 10.2. The van der Waals surface area contributed by atoms with Gasteiger partial charge in [0.15, 0.2) is 5.82 Å². The highest BCUT2D eigenvalue weighted by molar-refractivity contribution is 5.61. The molecule has 1 saturated carbocycles. The fraction of sp³-hybridized carbons (Fsp3) is 0.333. The molecule has 1 aromatic heterocycles. The van der Waals surface area contributed by atoms with Crippen molar-refractivity contribution in [1.82, 2.24) is 10.1 Å². The number of phenolic OH excluding ortho intramolecular Hbond substituents is 1. The van der Waals surface area contributed by atoms with Crippen LogP contribution in [0.4, 0.5) is 0 Å². The molecule has 2 atom stereocenters. The van der Waals surface area contributed by atoms with Crippen molar-refractivity contribution < 1.29 is 9.63 Å². The molecule has 1 N–H and O–H groups in total. The van der Waals surface area contributed by atoms with Gasteiger partial charge in [-0.1, -0.05) is 24.2 Å². The molecule has 2 aromatic rings. The molecule has 3 rings (SSSR count). The molecule has 0 amide bonds. The van der Waals surface area contributed by atoms with Gasteiger partial charge in [-0.15, -0.1) is 0 Å². The predicted molar refractivity (Wildman–Crippen MR) is 57.9 cm³/mol. The van der Waals surface area contributed by atoms with Crippen molar-refractivity contribution in [2.24, 2.45) is 5.92 Å². The maximum atomic E-state index is 9.65. The summed E-state index contributed by atoms with van der Waals surface area (Å²) in [6.45, 7) is 2.17. The molecule has 1 aliphatic carbocycles. The van der Waals surface area contributed by atoms with Gasteiger partial charge in [0.2, 0.25) is 0 Å². The monoisotopic (exact) mass is 216 g/mol. The molecule has 1 aliphatic rings. The van der Waals surface area contributed by atoms with Gasteiger partial charge in [0.25, 0.3) is 5.89 Å². The van der Waals surface area contributed by atoms with Gasteiger partial charge in [0.05, 0.1) is 5.56 Å². The molecule has 0 spiro atoms. The predicted octanol–water partition coefficient (Wildman–Crippen LogP) is 2.57. The van der Waals surface area contributed by atoms with Crippen LogP contribution in [0, 0.1) is 5.92 Å². The fourth-order valence-corrected chi connectivity index (χ4v) is 1.83. The molecule has 1 aromatic carbocycles. The summed E-state index contributed by atoms with van der Waals surface area (Å²) in [5.74, 6) is 2.40. The van der Waals surface area contributed by atoms with Crippen LogP contribution in [-0.2, 0) is 0 Å². The van der Waals surface area contributed by atoms with Crippen molar-refractivity contribution in [3.63, 3.8) is 0 Å². The maximum Gasteiger partial charge on any atom is 0.261 e. The zero-order chi connectivity index (χ0) is 11.1. The Hall–Kier alpha value is -1.84. The third-order valence-electron chi connectivity index (χ3n) is 3.02. The standard InChI is InChI=1S/C12H12N2O2/c1-7-6-9(7)11-13-12(16-14-11)8-4-2-3-5-10(8)15/h2-5,7,9,15H,6H2,1H3. The van der Waals surface area contributed by atoms with E-state index in [9.17, 15) is 5.11 Å². The van der Waals surface area contributed by atoms with Gasteiger partial charge in [0, 0.05) is 5.92 Å². The second-order valence-corrected chi connectivity index (χ2v) is 4.29. The Labute approximate surface area is 92.9 Å². The van der Waals surface area contributed by atoms with Gasteiger partial charge in [-0.05, 0) is 24.5 Å². The number of rotatable bonds is 2. The van der Waals surface area contributed by atoms with Crippen molar-refractivity contribution in [3.05, 3.63) is 30.1 Å². The van der Waals surface area contributed by atoms with E-state index in [2.05, 4.69) is 17.1 Å². The molecule has 82 valence electrons. The zero-order valence-electron chi connectivity index (χ0n) is 8.92. The van der Waals surface area contributed by atoms with E-state index in [1.807, 2.05) is 6.07 Å². The van der Waals surface area contributed by atoms with E-state index in [1.54, 1.807) is 18.2 Å². The minimum atomic E-state index is 0.168. The smallest absolute Gasteiger partial charge is 0.261 e. The van der Waals surface area contributed by atoms with Crippen LogP contribution in [0.25, 0.3) is 11.5 Å². The minimum Gasteiger partial charge on any atom is -0.507 e. The number of nitrogens with zero attached hydrogens (tertiary/aromatic N) is 2. The molecule has 0 aliphatic heterocycles. The highest BCUT2D eigenvalue weighted by atomic mass is 16.5. The third kappa shape index (κ3) is 1.46. The second-order valence-electron chi connectivity index (χ2n) is 4.29. The third-order valence-corrected chi connectivity index (χ3v) is 3.02. The van der Waals surface area contributed by atoms with Crippen molar-refractivity contribution in [1.29, 1.82) is 0 Å². The lowest BCUT2D eigenvalue weighted by Crippen LogP contribution is -1.84. The van der Waals surface area contributed by atoms with E-state index in [1.165, 1.54) is 0 Å². The number of benzene rings is 1. The number of para-hydroxylation sites is 1. The van der Waals surface area contributed by atoms with Crippen molar-refractivity contribution >= 4 is 0 Å². The van der Waals surface area contributed by atoms with Gasteiger partial charge in [-0.2, -0.15) is 4.98 Å². The van der Waals surface area contributed by atoms with Crippen LogP contribution in [0.2, 0.25) is 0 Å². The van der Waals surface area contributed by atoms with E-state index in [0.717, 1.165) is 12.2 Å². The first-order valence-electron chi connectivity index (χ1n) is 5.37. The average molecular weight is 216 g/mol. The lowest BCUT2D eigenvalue weighted by molar-refractivity contribution is 0.417. The Morgan fingerprint density at radius 1 is 1.38 bits per heavy atom. The van der Waals surface area contributed by atoms with Crippen molar-refractivity contribution in [3.8, 4) is 17.2 Å². The van der Waals surface area contributed by atoms with Crippen LogP contribution in [0.15, 0.2) is 28.8 Å². The van der Waals surface area contributed by atoms with E-state index in [0.29, 0.717) is 23.3 Å². The molecule has 0 radical (unpaired) electrons. The second kappa shape index (κ2) is 3.33. The maximum absolute atomic E-state index is 9.65. The van der Waals surface area contributed by atoms with E-state index >= 15 is 0 Å². The lowest BCUT2D eigenvalue weighted by Gasteiger charge is -1.96. The highest BCUT2D eigenvalue weighted by Gasteiger charge is 2.38. The summed E-state index contributed by atoms with van der Waals surface area (Å²) < 4.78 is 5.16. The highest BCUT2D eigenvalue weighted by Crippen LogP contribution is 2.46. The van der Waals surface area contributed by atoms with Crippen LogP contribution in [0.1, 0.15) is 25.1 Å². The van der Waals surface area contributed by atoms with Gasteiger partial charge < -0.3 is 9.63 Å². The molecule has 4 heteroatoms. The Balaban J connectivity index is 1.95. The van der Waals surface area contributed by atoms with E-state index in [-0.39, 0.29) is 5.75 Å². The molecular formula is C12H12N2O2. The van der Waals surface area contributed by atoms with Crippen LogP contribution >= 0.6 is 0 Å². The summed E-state index contributed by atoms with van der Waals surface area (Å²) in [7, 11) is 0. The molecule has 0 saturated heterocycles.